The zero-order valence-corrected chi connectivity index (χ0v) is 13.8. The van der Waals surface area contributed by atoms with Crippen LogP contribution in [0.4, 0.5) is 11.4 Å². The molecule has 122 valence electrons. The van der Waals surface area contributed by atoms with E-state index in [0.29, 0.717) is 30.1 Å². The summed E-state index contributed by atoms with van der Waals surface area (Å²) in [5.41, 5.74) is 3.12. The number of fused-ring (bicyclic) bond motifs is 1. The molecule has 0 atom stereocenters. The molecule has 0 N–H and O–H groups in total. The number of carbonyl (C=O) groups is 2. The van der Waals surface area contributed by atoms with E-state index in [4.69, 9.17) is 11.6 Å². The summed E-state index contributed by atoms with van der Waals surface area (Å²) < 4.78 is 0. The lowest BCUT2D eigenvalue weighted by Gasteiger charge is -2.29. The van der Waals surface area contributed by atoms with Crippen molar-refractivity contribution < 1.29 is 9.59 Å². The van der Waals surface area contributed by atoms with Gasteiger partial charge >= 0.3 is 0 Å². The van der Waals surface area contributed by atoms with Crippen molar-refractivity contribution in [1.29, 1.82) is 0 Å². The van der Waals surface area contributed by atoms with Crippen LogP contribution in [-0.2, 0) is 11.2 Å². The molecular weight excluding hydrogens is 326 g/mol. The van der Waals surface area contributed by atoms with Gasteiger partial charge in [-0.3, -0.25) is 14.6 Å². The Morgan fingerprint density at radius 2 is 1.75 bits per heavy atom. The third kappa shape index (κ3) is 2.55. The molecule has 1 aromatic heterocycles. The summed E-state index contributed by atoms with van der Waals surface area (Å²) in [6.45, 7) is 1.28. The molecule has 4 rings (SSSR count). The first kappa shape index (κ1) is 15.1. The molecule has 0 aliphatic carbocycles. The van der Waals surface area contributed by atoms with Gasteiger partial charge < -0.3 is 9.80 Å². The van der Waals surface area contributed by atoms with Crippen LogP contribution in [0.3, 0.4) is 0 Å². The molecule has 0 unspecified atom stereocenters. The molecule has 1 fully saturated rings. The average Bonchev–Trinajstić information content (AvgIpc) is 3.01. The van der Waals surface area contributed by atoms with Gasteiger partial charge in [0.25, 0.3) is 5.91 Å². The first-order valence-corrected chi connectivity index (χ1v) is 8.37. The number of aromatic nitrogens is 1. The monoisotopic (exact) mass is 341 g/mol. The molecule has 1 saturated heterocycles. The molecule has 5 nitrogen and oxygen atoms in total. The molecule has 3 heterocycles. The maximum absolute atomic E-state index is 12.8. The van der Waals surface area contributed by atoms with Gasteiger partial charge in [0.2, 0.25) is 5.91 Å². The first-order chi connectivity index (χ1) is 11.6. The largest absolute Gasteiger partial charge is 0.311 e. The fourth-order valence-electron chi connectivity index (χ4n) is 3.34. The maximum Gasteiger partial charge on any atom is 0.258 e. The third-order valence-electron chi connectivity index (χ3n) is 4.55. The smallest absolute Gasteiger partial charge is 0.258 e. The second kappa shape index (κ2) is 5.91. The Kier molecular flexibility index (Phi) is 3.73. The molecule has 0 spiro atoms. The van der Waals surface area contributed by atoms with Crippen LogP contribution in [0.15, 0.2) is 36.7 Å². The fourth-order valence-corrected chi connectivity index (χ4v) is 3.53. The average molecular weight is 342 g/mol. The molecule has 2 aliphatic heterocycles. The third-order valence-corrected chi connectivity index (χ3v) is 4.79. The van der Waals surface area contributed by atoms with Crippen LogP contribution in [0.2, 0.25) is 5.02 Å². The summed E-state index contributed by atoms with van der Waals surface area (Å²) in [6.07, 6.45) is 5.52. The van der Waals surface area contributed by atoms with Crippen molar-refractivity contribution in [1.82, 2.24) is 4.98 Å². The number of rotatable bonds is 2. The second-order valence-electron chi connectivity index (χ2n) is 6.06. The second-order valence-corrected chi connectivity index (χ2v) is 6.49. The zero-order chi connectivity index (χ0) is 16.7. The molecule has 0 radical (unpaired) electrons. The van der Waals surface area contributed by atoms with Crippen LogP contribution >= 0.6 is 11.6 Å². The Labute approximate surface area is 144 Å². The van der Waals surface area contributed by atoms with Gasteiger partial charge in [-0.25, -0.2) is 0 Å². The Hall–Kier alpha value is -2.40. The minimum Gasteiger partial charge on any atom is -0.311 e. The van der Waals surface area contributed by atoms with Crippen LogP contribution in [0, 0.1) is 0 Å². The molecule has 2 amide bonds. The minimum atomic E-state index is -0.0559. The van der Waals surface area contributed by atoms with E-state index < -0.39 is 0 Å². The Bertz CT molecular complexity index is 837. The number of hydrogen-bond acceptors (Lipinski definition) is 3. The number of carbonyl (C=O) groups excluding carboxylic acids is 2. The fraction of sp³-hybridized carbons (Fsp3) is 0.278. The molecule has 0 saturated carbocycles. The topological polar surface area (TPSA) is 53.5 Å². The summed E-state index contributed by atoms with van der Waals surface area (Å²) >= 11 is 6.01. The van der Waals surface area contributed by atoms with E-state index in [1.54, 1.807) is 34.3 Å². The van der Waals surface area contributed by atoms with Gasteiger partial charge in [-0.1, -0.05) is 11.6 Å². The van der Waals surface area contributed by atoms with Crippen molar-refractivity contribution >= 4 is 34.8 Å². The molecule has 2 aliphatic rings. The quantitative estimate of drug-likeness (QED) is 0.843. The van der Waals surface area contributed by atoms with Gasteiger partial charge in [0.05, 0.1) is 23.8 Å². The predicted molar refractivity (Wildman–Crippen MR) is 92.7 cm³/mol. The molecule has 2 aromatic rings. The summed E-state index contributed by atoms with van der Waals surface area (Å²) in [6, 6.07) is 7.23. The van der Waals surface area contributed by atoms with Gasteiger partial charge in [-0.05, 0) is 42.7 Å². The number of hydrogen-bond donors (Lipinski definition) is 0. The van der Waals surface area contributed by atoms with E-state index in [2.05, 4.69) is 4.98 Å². The van der Waals surface area contributed by atoms with Crippen molar-refractivity contribution in [2.75, 3.05) is 22.9 Å². The first-order valence-electron chi connectivity index (χ1n) is 7.99. The van der Waals surface area contributed by atoms with E-state index in [9.17, 15) is 9.59 Å². The van der Waals surface area contributed by atoms with Crippen molar-refractivity contribution in [3.05, 3.63) is 52.8 Å². The summed E-state index contributed by atoms with van der Waals surface area (Å²) in [5.74, 6) is 0.0542. The van der Waals surface area contributed by atoms with Gasteiger partial charge in [-0.15, -0.1) is 0 Å². The van der Waals surface area contributed by atoms with Crippen molar-refractivity contribution in [2.24, 2.45) is 0 Å². The van der Waals surface area contributed by atoms with Crippen LogP contribution in [-0.4, -0.2) is 29.9 Å². The van der Waals surface area contributed by atoms with Crippen molar-refractivity contribution in [2.45, 2.75) is 19.3 Å². The predicted octanol–water partition coefficient (Wildman–Crippen LogP) is 3.06. The number of halogens is 1. The van der Waals surface area contributed by atoms with E-state index in [0.717, 1.165) is 29.8 Å². The van der Waals surface area contributed by atoms with E-state index in [1.807, 2.05) is 12.1 Å². The Morgan fingerprint density at radius 3 is 2.50 bits per heavy atom. The molecule has 1 aromatic carbocycles. The standard InChI is InChI=1S/C18H16ClN3O2/c19-13-3-4-16-12(8-13)5-7-22(18(16)24)15-9-14(10-20-11-15)21-6-1-2-17(21)23/h3-4,8-11H,1-2,5-7H2. The van der Waals surface area contributed by atoms with Crippen LogP contribution in [0.25, 0.3) is 0 Å². The van der Waals surface area contributed by atoms with Gasteiger partial charge in [0.1, 0.15) is 0 Å². The number of nitrogens with zero attached hydrogens (tertiary/aromatic N) is 3. The zero-order valence-electron chi connectivity index (χ0n) is 13.0. The number of anilines is 2. The van der Waals surface area contributed by atoms with Gasteiger partial charge in [0, 0.05) is 30.1 Å². The lowest BCUT2D eigenvalue weighted by molar-refractivity contribution is -0.117. The van der Waals surface area contributed by atoms with Crippen LogP contribution in [0.5, 0.6) is 0 Å². The van der Waals surface area contributed by atoms with E-state index in [1.165, 1.54) is 0 Å². The SMILES string of the molecule is O=C1CCCN1c1cncc(N2CCc3cc(Cl)ccc3C2=O)c1. The normalized spacial score (nSPS) is 17.4. The van der Waals surface area contributed by atoms with Crippen molar-refractivity contribution in [3.63, 3.8) is 0 Å². The highest BCUT2D eigenvalue weighted by Gasteiger charge is 2.27. The van der Waals surface area contributed by atoms with E-state index >= 15 is 0 Å². The highest BCUT2D eigenvalue weighted by atomic mass is 35.5. The minimum absolute atomic E-state index is 0.0559. The number of pyridine rings is 1. The molecule has 24 heavy (non-hydrogen) atoms. The van der Waals surface area contributed by atoms with Gasteiger partial charge in [0.15, 0.2) is 0 Å². The van der Waals surface area contributed by atoms with Crippen LogP contribution < -0.4 is 9.80 Å². The lowest BCUT2D eigenvalue weighted by Crippen LogP contribution is -2.37. The lowest BCUT2D eigenvalue weighted by atomic mass is 9.99. The van der Waals surface area contributed by atoms with Gasteiger partial charge in [-0.2, -0.15) is 0 Å². The Balaban J connectivity index is 1.66. The highest BCUT2D eigenvalue weighted by molar-refractivity contribution is 6.30. The number of benzene rings is 1. The van der Waals surface area contributed by atoms with Crippen molar-refractivity contribution in [3.8, 4) is 0 Å². The maximum atomic E-state index is 12.8. The highest BCUT2D eigenvalue weighted by Crippen LogP contribution is 2.29. The summed E-state index contributed by atoms with van der Waals surface area (Å²) in [4.78, 5) is 32.4. The Morgan fingerprint density at radius 1 is 0.958 bits per heavy atom. The summed E-state index contributed by atoms with van der Waals surface area (Å²) in [7, 11) is 0. The molecule has 0 bridgehead atoms. The summed E-state index contributed by atoms with van der Waals surface area (Å²) in [5, 5.41) is 0.645. The van der Waals surface area contributed by atoms with Crippen LogP contribution in [0.1, 0.15) is 28.8 Å². The van der Waals surface area contributed by atoms with E-state index in [-0.39, 0.29) is 11.8 Å². The molecular formula is C18H16ClN3O2. The molecule has 6 heteroatoms. The number of amides is 2.